The summed E-state index contributed by atoms with van der Waals surface area (Å²) in [6, 6.07) is -0.125. The van der Waals surface area contributed by atoms with Crippen LogP contribution in [0.25, 0.3) is 0 Å². The van der Waals surface area contributed by atoms with Crippen LogP contribution in [0.3, 0.4) is 0 Å². The summed E-state index contributed by atoms with van der Waals surface area (Å²) in [5.41, 5.74) is 0. The topological polar surface area (TPSA) is 49.4 Å². The van der Waals surface area contributed by atoms with Crippen LogP contribution in [0.15, 0.2) is 0 Å². The van der Waals surface area contributed by atoms with Crippen molar-refractivity contribution in [3.8, 4) is 0 Å². The monoisotopic (exact) mass is 316 g/mol. The van der Waals surface area contributed by atoms with Gasteiger partial charge >= 0.3 is 6.18 Å². The zero-order chi connectivity index (χ0) is 15.2. The number of hydrogen-bond donors (Lipinski definition) is 1. The van der Waals surface area contributed by atoms with Crippen LogP contribution in [-0.2, 0) is 10.0 Å². The van der Waals surface area contributed by atoms with Gasteiger partial charge in [0, 0.05) is 25.6 Å². The Bertz CT molecular complexity index is 379. The molecule has 1 aliphatic rings. The third-order valence-corrected chi connectivity index (χ3v) is 5.34. The standard InChI is InChI=1S/C12H23F3N2O2S/c1-2-8-17(11-5-3-7-16-10-11)20(18,19)9-4-6-12(13,14)15/h11,16H,2-10H2,1H3. The molecule has 0 aromatic rings. The lowest BCUT2D eigenvalue weighted by atomic mass is 10.1. The highest BCUT2D eigenvalue weighted by atomic mass is 32.2. The molecule has 0 amide bonds. The summed E-state index contributed by atoms with van der Waals surface area (Å²) in [6.07, 6.45) is -3.39. The van der Waals surface area contributed by atoms with Crippen LogP contribution < -0.4 is 5.32 Å². The molecule has 1 unspecified atom stereocenters. The Morgan fingerprint density at radius 2 is 2.05 bits per heavy atom. The van der Waals surface area contributed by atoms with Gasteiger partial charge in [0.1, 0.15) is 0 Å². The molecule has 1 saturated heterocycles. The van der Waals surface area contributed by atoms with Crippen LogP contribution in [0, 0.1) is 0 Å². The molecule has 0 spiro atoms. The van der Waals surface area contributed by atoms with Crippen molar-refractivity contribution in [2.75, 3.05) is 25.4 Å². The van der Waals surface area contributed by atoms with Crippen molar-refractivity contribution in [1.29, 1.82) is 0 Å². The molecule has 0 bridgehead atoms. The number of nitrogens with one attached hydrogen (secondary N) is 1. The molecule has 1 heterocycles. The number of hydrogen-bond acceptors (Lipinski definition) is 3. The smallest absolute Gasteiger partial charge is 0.315 e. The zero-order valence-electron chi connectivity index (χ0n) is 11.7. The van der Waals surface area contributed by atoms with Gasteiger partial charge in [0.2, 0.25) is 10.0 Å². The predicted molar refractivity (Wildman–Crippen MR) is 72.0 cm³/mol. The van der Waals surface area contributed by atoms with Gasteiger partial charge in [0.05, 0.1) is 5.75 Å². The molecule has 1 N–H and O–H groups in total. The summed E-state index contributed by atoms with van der Waals surface area (Å²) in [4.78, 5) is 0. The maximum Gasteiger partial charge on any atom is 0.389 e. The van der Waals surface area contributed by atoms with Crippen molar-refractivity contribution in [3.63, 3.8) is 0 Å². The summed E-state index contributed by atoms with van der Waals surface area (Å²) in [7, 11) is -3.61. The minimum absolute atomic E-state index is 0.125. The molecule has 0 radical (unpaired) electrons. The van der Waals surface area contributed by atoms with Crippen LogP contribution >= 0.6 is 0 Å². The molecule has 20 heavy (non-hydrogen) atoms. The summed E-state index contributed by atoms with van der Waals surface area (Å²) in [5.74, 6) is -0.428. The van der Waals surface area contributed by atoms with E-state index in [0.29, 0.717) is 19.5 Å². The predicted octanol–water partition coefficient (Wildman–Crippen LogP) is 2.12. The van der Waals surface area contributed by atoms with Crippen molar-refractivity contribution in [3.05, 3.63) is 0 Å². The number of alkyl halides is 3. The molecular formula is C12H23F3N2O2S. The van der Waals surface area contributed by atoms with Crippen LogP contribution in [0.1, 0.15) is 39.0 Å². The van der Waals surface area contributed by atoms with Gasteiger partial charge in [-0.3, -0.25) is 0 Å². The number of piperidine rings is 1. The first-order valence-corrected chi connectivity index (χ1v) is 8.64. The molecule has 4 nitrogen and oxygen atoms in total. The van der Waals surface area contributed by atoms with E-state index in [2.05, 4.69) is 5.32 Å². The van der Waals surface area contributed by atoms with E-state index in [1.54, 1.807) is 0 Å². The van der Waals surface area contributed by atoms with Gasteiger partial charge in [-0.05, 0) is 32.2 Å². The highest BCUT2D eigenvalue weighted by molar-refractivity contribution is 7.89. The van der Waals surface area contributed by atoms with Crippen LogP contribution in [-0.4, -0.2) is 50.3 Å². The lowest BCUT2D eigenvalue weighted by molar-refractivity contribution is -0.134. The Morgan fingerprint density at radius 1 is 1.35 bits per heavy atom. The number of nitrogens with zero attached hydrogens (tertiary/aromatic N) is 1. The maximum absolute atomic E-state index is 12.2. The van der Waals surface area contributed by atoms with Gasteiger partial charge in [-0.1, -0.05) is 6.92 Å². The molecule has 1 atom stereocenters. The largest absolute Gasteiger partial charge is 0.389 e. The summed E-state index contributed by atoms with van der Waals surface area (Å²) in [5, 5.41) is 3.14. The third kappa shape index (κ3) is 5.97. The Hall–Kier alpha value is -0.340. The lowest BCUT2D eigenvalue weighted by Crippen LogP contribution is -2.49. The average Bonchev–Trinajstić information content (AvgIpc) is 2.35. The minimum atomic E-state index is -4.29. The Morgan fingerprint density at radius 3 is 2.55 bits per heavy atom. The van der Waals surface area contributed by atoms with E-state index in [1.165, 1.54) is 4.31 Å². The average molecular weight is 316 g/mol. The van der Waals surface area contributed by atoms with Crippen LogP contribution in [0.4, 0.5) is 13.2 Å². The number of sulfonamides is 1. The SMILES string of the molecule is CCCN(C1CCCNC1)S(=O)(=O)CCCC(F)(F)F. The zero-order valence-corrected chi connectivity index (χ0v) is 12.6. The quantitative estimate of drug-likeness (QED) is 0.783. The van der Waals surface area contributed by atoms with Crippen molar-refractivity contribution in [1.82, 2.24) is 9.62 Å². The van der Waals surface area contributed by atoms with E-state index in [1.807, 2.05) is 6.92 Å². The molecule has 1 rings (SSSR count). The highest BCUT2D eigenvalue weighted by Gasteiger charge is 2.32. The lowest BCUT2D eigenvalue weighted by Gasteiger charge is -2.33. The van der Waals surface area contributed by atoms with Gasteiger partial charge in [0.15, 0.2) is 0 Å². The molecule has 1 fully saturated rings. The Kier molecular flexibility index (Phi) is 6.74. The first-order chi connectivity index (χ1) is 9.26. The molecule has 8 heteroatoms. The van der Waals surface area contributed by atoms with Crippen molar-refractivity contribution < 1.29 is 21.6 Å². The molecule has 0 aliphatic carbocycles. The van der Waals surface area contributed by atoms with E-state index in [0.717, 1.165) is 19.4 Å². The van der Waals surface area contributed by atoms with Gasteiger partial charge in [0.25, 0.3) is 0 Å². The summed E-state index contributed by atoms with van der Waals surface area (Å²) < 4.78 is 62.2. The Labute approximate surface area is 118 Å². The second kappa shape index (κ2) is 7.61. The highest BCUT2D eigenvalue weighted by Crippen LogP contribution is 2.23. The summed E-state index contributed by atoms with van der Waals surface area (Å²) in [6.45, 7) is 3.69. The number of halogens is 3. The molecule has 0 saturated carbocycles. The van der Waals surface area contributed by atoms with Gasteiger partial charge in [-0.25, -0.2) is 8.42 Å². The summed E-state index contributed by atoms with van der Waals surface area (Å²) >= 11 is 0. The molecule has 0 aromatic heterocycles. The van der Waals surface area contributed by atoms with E-state index in [-0.39, 0.29) is 12.5 Å². The van der Waals surface area contributed by atoms with Crippen LogP contribution in [0.5, 0.6) is 0 Å². The fraction of sp³-hybridized carbons (Fsp3) is 1.00. The Balaban J connectivity index is 2.63. The van der Waals surface area contributed by atoms with E-state index < -0.39 is 28.4 Å². The molecule has 0 aromatic carbocycles. The molecule has 1 aliphatic heterocycles. The molecule has 120 valence electrons. The third-order valence-electron chi connectivity index (χ3n) is 3.34. The molecular weight excluding hydrogens is 293 g/mol. The fourth-order valence-electron chi connectivity index (χ4n) is 2.42. The second-order valence-corrected chi connectivity index (χ2v) is 7.19. The van der Waals surface area contributed by atoms with E-state index in [9.17, 15) is 21.6 Å². The van der Waals surface area contributed by atoms with Crippen molar-refractivity contribution >= 4 is 10.0 Å². The van der Waals surface area contributed by atoms with Gasteiger partial charge in [-0.2, -0.15) is 17.5 Å². The van der Waals surface area contributed by atoms with Crippen LogP contribution in [0.2, 0.25) is 0 Å². The van der Waals surface area contributed by atoms with Gasteiger partial charge < -0.3 is 5.32 Å². The fourth-order valence-corrected chi connectivity index (χ4v) is 4.26. The normalized spacial score (nSPS) is 21.4. The second-order valence-electron chi connectivity index (χ2n) is 5.15. The maximum atomic E-state index is 12.2. The van der Waals surface area contributed by atoms with Crippen molar-refractivity contribution in [2.24, 2.45) is 0 Å². The van der Waals surface area contributed by atoms with E-state index >= 15 is 0 Å². The number of rotatable bonds is 7. The van der Waals surface area contributed by atoms with E-state index in [4.69, 9.17) is 0 Å². The first-order valence-electron chi connectivity index (χ1n) is 7.03. The van der Waals surface area contributed by atoms with Gasteiger partial charge in [-0.15, -0.1) is 0 Å². The minimum Gasteiger partial charge on any atom is -0.315 e. The first kappa shape index (κ1) is 17.7. The van der Waals surface area contributed by atoms with Crippen molar-refractivity contribution in [2.45, 2.75) is 51.2 Å².